The van der Waals surface area contributed by atoms with Gasteiger partial charge in [0.2, 0.25) is 5.75 Å². The minimum absolute atomic E-state index is 0. The minimum Gasteiger partial charge on any atom is -1.00 e. The molecule has 13 heavy (non-hydrogen) atoms. The summed E-state index contributed by atoms with van der Waals surface area (Å²) >= 11 is 0. The second-order valence-corrected chi connectivity index (χ2v) is 2.54. The van der Waals surface area contributed by atoms with Gasteiger partial charge in [-0.15, -0.1) is 0 Å². The highest BCUT2D eigenvalue weighted by Crippen LogP contribution is 2.25. The lowest BCUT2D eigenvalue weighted by Crippen LogP contribution is -3.00. The van der Waals surface area contributed by atoms with Crippen LogP contribution in [-0.4, -0.2) is 10.2 Å². The number of pyridine rings is 2. The number of aromatic hydroxyl groups is 2. The van der Waals surface area contributed by atoms with Gasteiger partial charge >= 0.3 is 0 Å². The fourth-order valence-electron chi connectivity index (χ4n) is 1.15. The van der Waals surface area contributed by atoms with Crippen molar-refractivity contribution in [3.05, 3.63) is 36.7 Å². The number of rotatable bonds is 0. The van der Waals surface area contributed by atoms with E-state index in [0.717, 1.165) is 0 Å². The molecule has 2 rings (SSSR count). The van der Waals surface area contributed by atoms with Crippen LogP contribution < -0.4 is 21.4 Å². The highest BCUT2D eigenvalue weighted by atomic mass is 79.9. The molecule has 2 heterocycles. The van der Waals surface area contributed by atoms with Gasteiger partial charge < -0.3 is 27.2 Å². The van der Waals surface area contributed by atoms with Crippen LogP contribution in [0.2, 0.25) is 0 Å². The van der Waals surface area contributed by atoms with E-state index in [1.807, 2.05) is 6.07 Å². The molecule has 0 amide bonds. The minimum atomic E-state index is -0.0961. The van der Waals surface area contributed by atoms with Crippen molar-refractivity contribution in [3.63, 3.8) is 0 Å². The fraction of sp³-hybridized carbons (Fsp3) is 0. The average molecular weight is 242 g/mol. The van der Waals surface area contributed by atoms with Crippen LogP contribution in [0.4, 0.5) is 0 Å². The molecule has 0 atom stereocenters. The zero-order chi connectivity index (χ0) is 8.55. The van der Waals surface area contributed by atoms with Gasteiger partial charge in [0.05, 0.1) is 0 Å². The summed E-state index contributed by atoms with van der Waals surface area (Å²) in [4.78, 5) is 0. The van der Waals surface area contributed by atoms with Crippen LogP contribution >= 0.6 is 0 Å². The number of halogens is 1. The summed E-state index contributed by atoms with van der Waals surface area (Å²) in [5, 5.41) is 18.5. The molecule has 0 aromatic carbocycles. The molecule has 0 radical (unpaired) electrons. The Labute approximate surface area is 85.7 Å². The van der Waals surface area contributed by atoms with Gasteiger partial charge in [-0.3, -0.25) is 0 Å². The van der Waals surface area contributed by atoms with Gasteiger partial charge in [0, 0.05) is 18.2 Å². The molecule has 0 bridgehead atoms. The van der Waals surface area contributed by atoms with Crippen LogP contribution in [0.5, 0.6) is 11.5 Å². The van der Waals surface area contributed by atoms with E-state index < -0.39 is 0 Å². The smallest absolute Gasteiger partial charge is 0.256 e. The van der Waals surface area contributed by atoms with Gasteiger partial charge in [0.15, 0.2) is 18.1 Å². The first-order chi connectivity index (χ1) is 5.79. The third-order valence-corrected chi connectivity index (χ3v) is 1.77. The largest absolute Gasteiger partial charge is 1.00 e. The summed E-state index contributed by atoms with van der Waals surface area (Å²) in [5.41, 5.74) is 0.595. The normalized spacial score (nSPS) is 9.54. The molecule has 2 N–H and O–H groups in total. The molecule has 0 aliphatic rings. The molecule has 0 unspecified atom stereocenters. The standard InChI is InChI=1S/C9H7NO2.BrH/c11-8-4-6-10-5-2-1-3-7(10)9(8)12;/h1-6,12H;1H. The Morgan fingerprint density at radius 3 is 2.54 bits per heavy atom. The Bertz CT molecular complexity index is 431. The van der Waals surface area contributed by atoms with Crippen molar-refractivity contribution < 1.29 is 31.6 Å². The summed E-state index contributed by atoms with van der Waals surface area (Å²) in [5.74, 6) is -0.181. The van der Waals surface area contributed by atoms with E-state index in [1.54, 1.807) is 28.9 Å². The zero-order valence-corrected chi connectivity index (χ0v) is 8.27. The Kier molecular flexibility index (Phi) is 2.72. The van der Waals surface area contributed by atoms with Crippen LogP contribution in [-0.2, 0) is 0 Å². The Morgan fingerprint density at radius 2 is 1.77 bits per heavy atom. The van der Waals surface area contributed by atoms with Crippen molar-refractivity contribution in [2.45, 2.75) is 0 Å². The van der Waals surface area contributed by atoms with Crippen molar-refractivity contribution in [3.8, 4) is 11.5 Å². The van der Waals surface area contributed by atoms with Crippen molar-refractivity contribution in [1.29, 1.82) is 0 Å². The molecule has 0 aliphatic heterocycles. The maximum absolute atomic E-state index is 9.39. The number of nitrogens with zero attached hydrogens (tertiary/aromatic N) is 1. The Hall–Kier alpha value is -1.29. The number of hydrogen-bond donors (Lipinski definition) is 2. The molecule has 0 saturated carbocycles. The Balaban J connectivity index is 0.000000845. The zero-order valence-electron chi connectivity index (χ0n) is 6.68. The number of hydrogen-bond acceptors (Lipinski definition) is 2. The van der Waals surface area contributed by atoms with E-state index in [4.69, 9.17) is 5.11 Å². The van der Waals surface area contributed by atoms with Crippen molar-refractivity contribution >= 4 is 5.52 Å². The van der Waals surface area contributed by atoms with E-state index in [0.29, 0.717) is 5.52 Å². The summed E-state index contributed by atoms with van der Waals surface area (Å²) in [6.45, 7) is 0. The van der Waals surface area contributed by atoms with E-state index in [1.165, 1.54) is 6.07 Å². The molecular formula is C9H8BrNO2. The van der Waals surface area contributed by atoms with Gasteiger partial charge in [-0.05, 0) is 6.07 Å². The molecule has 0 spiro atoms. The van der Waals surface area contributed by atoms with Gasteiger partial charge in [-0.25, -0.2) is 0 Å². The lowest BCUT2D eigenvalue weighted by molar-refractivity contribution is -0.512. The first-order valence-corrected chi connectivity index (χ1v) is 3.60. The summed E-state index contributed by atoms with van der Waals surface area (Å²) in [6.07, 6.45) is 3.48. The monoisotopic (exact) mass is 241 g/mol. The lowest BCUT2D eigenvalue weighted by atomic mass is 10.3. The molecule has 0 aliphatic carbocycles. The SMILES string of the molecule is Oc1cc[n+]2ccccc2c1O.[Br-]. The highest BCUT2D eigenvalue weighted by Gasteiger charge is 2.10. The van der Waals surface area contributed by atoms with Crippen LogP contribution in [0.15, 0.2) is 36.7 Å². The van der Waals surface area contributed by atoms with E-state index >= 15 is 0 Å². The summed E-state index contributed by atoms with van der Waals surface area (Å²) < 4.78 is 1.73. The molecule has 2 aromatic heterocycles. The highest BCUT2D eigenvalue weighted by molar-refractivity contribution is 5.58. The predicted molar refractivity (Wildman–Crippen MR) is 42.9 cm³/mol. The number of fused-ring (bicyclic) bond motifs is 1. The average Bonchev–Trinajstić information content (AvgIpc) is 2.12. The predicted octanol–water partition coefficient (Wildman–Crippen LogP) is -2.16. The molecule has 2 aromatic rings. The van der Waals surface area contributed by atoms with Crippen molar-refractivity contribution in [2.75, 3.05) is 0 Å². The van der Waals surface area contributed by atoms with E-state index in [-0.39, 0.29) is 28.5 Å². The van der Waals surface area contributed by atoms with Gasteiger partial charge in [-0.2, -0.15) is 4.40 Å². The van der Waals surface area contributed by atoms with Gasteiger partial charge in [0.25, 0.3) is 5.52 Å². The third kappa shape index (κ3) is 1.58. The maximum Gasteiger partial charge on any atom is 0.256 e. The molecule has 0 saturated heterocycles. The Morgan fingerprint density at radius 1 is 1.00 bits per heavy atom. The van der Waals surface area contributed by atoms with Crippen LogP contribution in [0.3, 0.4) is 0 Å². The summed E-state index contributed by atoms with van der Waals surface area (Å²) in [7, 11) is 0. The molecule has 3 nitrogen and oxygen atoms in total. The van der Waals surface area contributed by atoms with E-state index in [2.05, 4.69) is 0 Å². The first kappa shape index (κ1) is 9.80. The quantitative estimate of drug-likeness (QED) is 0.517. The fourth-order valence-corrected chi connectivity index (χ4v) is 1.15. The van der Waals surface area contributed by atoms with Crippen molar-refractivity contribution in [2.24, 2.45) is 0 Å². The van der Waals surface area contributed by atoms with Crippen LogP contribution in [0.25, 0.3) is 5.52 Å². The second kappa shape index (κ2) is 3.62. The third-order valence-electron chi connectivity index (χ3n) is 1.77. The molecule has 0 fully saturated rings. The lowest BCUT2D eigenvalue weighted by Gasteiger charge is -1.95. The van der Waals surface area contributed by atoms with Crippen LogP contribution in [0.1, 0.15) is 0 Å². The summed E-state index contributed by atoms with van der Waals surface area (Å²) in [6, 6.07) is 6.83. The molecule has 4 heteroatoms. The topological polar surface area (TPSA) is 44.6 Å². The van der Waals surface area contributed by atoms with Crippen LogP contribution in [0, 0.1) is 0 Å². The van der Waals surface area contributed by atoms with Crippen molar-refractivity contribution in [1.82, 2.24) is 0 Å². The molecule has 68 valence electrons. The maximum atomic E-state index is 9.39. The number of aromatic nitrogens is 1. The van der Waals surface area contributed by atoms with Gasteiger partial charge in [0.1, 0.15) is 0 Å². The van der Waals surface area contributed by atoms with Gasteiger partial charge in [-0.1, -0.05) is 0 Å². The second-order valence-electron chi connectivity index (χ2n) is 2.54. The first-order valence-electron chi connectivity index (χ1n) is 3.60. The van der Waals surface area contributed by atoms with E-state index in [9.17, 15) is 5.11 Å². The molecular weight excluding hydrogens is 234 g/mol.